The second-order valence-corrected chi connectivity index (χ2v) is 8.42. The van der Waals surface area contributed by atoms with E-state index in [4.69, 9.17) is 0 Å². The number of likely N-dealkylation sites (tertiary alicyclic amines) is 1. The van der Waals surface area contributed by atoms with Crippen molar-refractivity contribution in [1.82, 2.24) is 20.0 Å². The van der Waals surface area contributed by atoms with Crippen LogP contribution in [0, 0.1) is 11.7 Å². The Labute approximate surface area is 168 Å². The molecule has 2 aliphatic heterocycles. The van der Waals surface area contributed by atoms with Gasteiger partial charge in [0.1, 0.15) is 5.82 Å². The number of hydrogen-bond donors (Lipinski definition) is 2. The lowest BCUT2D eigenvalue weighted by Gasteiger charge is -2.33. The number of carbonyl (C=O) groups excluding carboxylic acids is 2. The number of piperidine rings is 1. The summed E-state index contributed by atoms with van der Waals surface area (Å²) in [5.74, 6) is 0.0124. The minimum atomic E-state index is -0.388. The molecule has 0 bridgehead atoms. The number of nitrogens with one attached hydrogen (secondary N) is 2. The number of nitrogens with zero attached hydrogens (tertiary/aromatic N) is 3. The van der Waals surface area contributed by atoms with Gasteiger partial charge in [0.25, 0.3) is 5.91 Å². The van der Waals surface area contributed by atoms with E-state index in [1.165, 1.54) is 24.3 Å². The highest BCUT2D eigenvalue weighted by atomic mass is 19.1. The molecule has 5 rings (SSSR count). The zero-order valence-corrected chi connectivity index (χ0v) is 16.4. The number of carbonyl (C=O) groups is 2. The van der Waals surface area contributed by atoms with E-state index in [9.17, 15) is 14.0 Å². The summed E-state index contributed by atoms with van der Waals surface area (Å²) in [4.78, 5) is 30.0. The lowest BCUT2D eigenvalue weighted by Crippen LogP contribution is -2.43. The molecule has 152 valence electrons. The molecule has 1 aromatic heterocycles. The van der Waals surface area contributed by atoms with Gasteiger partial charge in [-0.25, -0.2) is 4.39 Å². The zero-order valence-electron chi connectivity index (χ0n) is 16.4. The number of rotatable bonds is 3. The summed E-state index contributed by atoms with van der Waals surface area (Å²) in [5.41, 5.74) is 1.93. The molecule has 1 aromatic carbocycles. The third kappa shape index (κ3) is 3.02. The van der Waals surface area contributed by atoms with Crippen molar-refractivity contribution in [2.24, 2.45) is 5.92 Å². The third-order valence-electron chi connectivity index (χ3n) is 6.56. The van der Waals surface area contributed by atoms with Gasteiger partial charge in [0.05, 0.1) is 17.8 Å². The van der Waals surface area contributed by atoms with Gasteiger partial charge in [0, 0.05) is 17.0 Å². The van der Waals surface area contributed by atoms with Gasteiger partial charge in [-0.2, -0.15) is 5.10 Å². The molecular formula is C21H24FN5O2. The van der Waals surface area contributed by atoms with Crippen LogP contribution in [-0.2, 0) is 16.9 Å². The number of aromatic amines is 1. The van der Waals surface area contributed by atoms with E-state index in [0.717, 1.165) is 50.0 Å². The molecule has 1 spiro atoms. The molecule has 3 aliphatic rings. The maximum Gasteiger partial charge on any atom is 0.256 e. The molecule has 1 aliphatic carbocycles. The maximum absolute atomic E-state index is 13.3. The number of halogens is 1. The lowest BCUT2D eigenvalue weighted by atomic mass is 9.95. The highest BCUT2D eigenvalue weighted by Crippen LogP contribution is 2.57. The first-order valence-corrected chi connectivity index (χ1v) is 10.1. The number of aromatic nitrogens is 2. The van der Waals surface area contributed by atoms with Crippen LogP contribution in [-0.4, -0.2) is 51.9 Å². The Bertz CT molecular complexity index is 958. The monoisotopic (exact) mass is 397 g/mol. The molecule has 2 amide bonds. The predicted molar refractivity (Wildman–Crippen MR) is 105 cm³/mol. The van der Waals surface area contributed by atoms with Crippen molar-refractivity contribution >= 4 is 17.6 Å². The molecule has 2 aromatic rings. The summed E-state index contributed by atoms with van der Waals surface area (Å²) in [6, 6.07) is 5.39. The van der Waals surface area contributed by atoms with Gasteiger partial charge in [-0.05, 0) is 70.1 Å². The molecule has 8 heteroatoms. The number of amides is 2. The minimum Gasteiger partial charge on any atom is -0.327 e. The van der Waals surface area contributed by atoms with E-state index >= 15 is 0 Å². The van der Waals surface area contributed by atoms with Crippen molar-refractivity contribution in [3.63, 3.8) is 0 Å². The number of benzene rings is 1. The molecule has 0 atom stereocenters. The van der Waals surface area contributed by atoms with Crippen molar-refractivity contribution in [2.45, 2.75) is 37.8 Å². The van der Waals surface area contributed by atoms with Crippen LogP contribution >= 0.6 is 0 Å². The summed E-state index contributed by atoms with van der Waals surface area (Å²) in [7, 11) is 2.09. The van der Waals surface area contributed by atoms with E-state index in [1.807, 2.05) is 4.90 Å². The Hall–Kier alpha value is -2.74. The van der Waals surface area contributed by atoms with Crippen LogP contribution in [0.1, 0.15) is 47.3 Å². The van der Waals surface area contributed by atoms with Crippen LogP contribution in [0.4, 0.5) is 10.2 Å². The first-order chi connectivity index (χ1) is 14.0. The number of fused-ring (bicyclic) bond motifs is 2. The Morgan fingerprint density at radius 3 is 2.55 bits per heavy atom. The summed E-state index contributed by atoms with van der Waals surface area (Å²) < 4.78 is 13.1. The SMILES string of the molecule is CN1CCC(C(=O)N2Cc3c(NC(=O)c4ccc(F)cc4)n[nH]c3C23CC3)CC1. The number of hydrogen-bond acceptors (Lipinski definition) is 4. The number of anilines is 1. The zero-order chi connectivity index (χ0) is 20.2. The maximum atomic E-state index is 13.3. The summed E-state index contributed by atoms with van der Waals surface area (Å²) >= 11 is 0. The van der Waals surface area contributed by atoms with Crippen LogP contribution < -0.4 is 5.32 Å². The van der Waals surface area contributed by atoms with Gasteiger partial charge in [-0.1, -0.05) is 0 Å². The van der Waals surface area contributed by atoms with Gasteiger partial charge >= 0.3 is 0 Å². The first kappa shape index (κ1) is 18.3. The van der Waals surface area contributed by atoms with Gasteiger partial charge in [0.15, 0.2) is 5.82 Å². The molecule has 1 saturated carbocycles. The number of H-pyrrole nitrogens is 1. The van der Waals surface area contributed by atoms with Crippen LogP contribution in [0.2, 0.25) is 0 Å². The third-order valence-corrected chi connectivity index (χ3v) is 6.56. The standard InChI is InChI=1S/C21H24FN5O2/c1-26-10-6-14(7-11-26)20(29)27-12-16-17(21(27)8-9-21)24-25-18(16)23-19(28)13-2-4-15(22)5-3-13/h2-5,14H,6-12H2,1H3,(H2,23,24,25,28). The summed E-state index contributed by atoms with van der Waals surface area (Å²) in [6.45, 7) is 2.36. The molecule has 7 nitrogen and oxygen atoms in total. The molecular weight excluding hydrogens is 373 g/mol. The van der Waals surface area contributed by atoms with Gasteiger partial charge < -0.3 is 15.1 Å². The van der Waals surface area contributed by atoms with Crippen LogP contribution in [0.15, 0.2) is 24.3 Å². The van der Waals surface area contributed by atoms with Crippen LogP contribution in [0.5, 0.6) is 0 Å². The van der Waals surface area contributed by atoms with Crippen molar-refractivity contribution in [3.8, 4) is 0 Å². The average Bonchev–Trinajstić information content (AvgIpc) is 3.32. The van der Waals surface area contributed by atoms with Crippen molar-refractivity contribution in [1.29, 1.82) is 0 Å². The fourth-order valence-corrected chi connectivity index (χ4v) is 4.64. The molecule has 29 heavy (non-hydrogen) atoms. The molecule has 3 heterocycles. The van der Waals surface area contributed by atoms with E-state index in [2.05, 4.69) is 27.5 Å². The summed E-state index contributed by atoms with van der Waals surface area (Å²) in [5, 5.41) is 10.2. The Morgan fingerprint density at radius 1 is 1.21 bits per heavy atom. The molecule has 0 unspecified atom stereocenters. The van der Waals surface area contributed by atoms with Gasteiger partial charge in [-0.3, -0.25) is 14.7 Å². The Morgan fingerprint density at radius 2 is 1.90 bits per heavy atom. The summed E-state index contributed by atoms with van der Waals surface area (Å²) in [6.07, 6.45) is 3.63. The van der Waals surface area contributed by atoms with E-state index in [0.29, 0.717) is 17.9 Å². The topological polar surface area (TPSA) is 81.3 Å². The second-order valence-electron chi connectivity index (χ2n) is 8.42. The Kier molecular flexibility index (Phi) is 4.20. The van der Waals surface area contributed by atoms with Gasteiger partial charge in [0.2, 0.25) is 5.91 Å². The van der Waals surface area contributed by atoms with E-state index in [-0.39, 0.29) is 29.1 Å². The van der Waals surface area contributed by atoms with Crippen LogP contribution in [0.3, 0.4) is 0 Å². The average molecular weight is 397 g/mol. The Balaban J connectivity index is 1.35. The highest BCUT2D eigenvalue weighted by Gasteiger charge is 2.59. The van der Waals surface area contributed by atoms with Crippen molar-refractivity contribution < 1.29 is 14.0 Å². The molecule has 0 radical (unpaired) electrons. The lowest BCUT2D eigenvalue weighted by molar-refractivity contribution is -0.140. The van der Waals surface area contributed by atoms with Crippen molar-refractivity contribution in [2.75, 3.05) is 25.5 Å². The molecule has 1 saturated heterocycles. The predicted octanol–water partition coefficient (Wildman–Crippen LogP) is 2.47. The highest BCUT2D eigenvalue weighted by molar-refractivity contribution is 6.04. The molecule has 2 N–H and O–H groups in total. The fourth-order valence-electron chi connectivity index (χ4n) is 4.64. The van der Waals surface area contributed by atoms with E-state index < -0.39 is 0 Å². The fraction of sp³-hybridized carbons (Fsp3) is 0.476. The smallest absolute Gasteiger partial charge is 0.256 e. The molecule has 2 fully saturated rings. The normalized spacial score (nSPS) is 20.7. The van der Waals surface area contributed by atoms with Gasteiger partial charge in [-0.15, -0.1) is 0 Å². The quantitative estimate of drug-likeness (QED) is 0.834. The van der Waals surface area contributed by atoms with Crippen molar-refractivity contribution in [3.05, 3.63) is 46.9 Å². The second kappa shape index (κ2) is 6.66. The largest absolute Gasteiger partial charge is 0.327 e. The first-order valence-electron chi connectivity index (χ1n) is 10.1. The minimum absolute atomic E-state index is 0.0675. The van der Waals surface area contributed by atoms with E-state index in [1.54, 1.807) is 0 Å². The van der Waals surface area contributed by atoms with Crippen LogP contribution in [0.25, 0.3) is 0 Å².